The number of hydrogen-bond acceptors (Lipinski definition) is 8. The summed E-state index contributed by atoms with van der Waals surface area (Å²) in [6.45, 7) is 2.40. The number of piperidine rings is 1. The van der Waals surface area contributed by atoms with Gasteiger partial charge in [-0.15, -0.1) is 5.10 Å². The highest BCUT2D eigenvalue weighted by molar-refractivity contribution is 7.93. The number of nitrogens with one attached hydrogen (secondary N) is 1. The Balaban J connectivity index is 1.45. The molecule has 2 N–H and O–H groups in total. The van der Waals surface area contributed by atoms with Crippen LogP contribution in [0, 0.1) is 5.92 Å². The number of hydrogen-bond donors (Lipinski definition) is 2. The fourth-order valence-electron chi connectivity index (χ4n) is 5.12. The average Bonchev–Trinajstić information content (AvgIpc) is 2.98. The molecule has 42 heavy (non-hydrogen) atoms. The quantitative estimate of drug-likeness (QED) is 0.247. The first-order valence-corrected chi connectivity index (χ1v) is 15.6. The van der Waals surface area contributed by atoms with Crippen LogP contribution in [0.3, 0.4) is 0 Å². The lowest BCUT2D eigenvalue weighted by molar-refractivity contribution is -0.143. The van der Waals surface area contributed by atoms with Gasteiger partial charge in [0.05, 0.1) is 28.8 Å². The Morgan fingerprint density at radius 1 is 1.10 bits per heavy atom. The van der Waals surface area contributed by atoms with Crippen LogP contribution in [0.15, 0.2) is 54.9 Å². The van der Waals surface area contributed by atoms with Crippen LogP contribution in [-0.2, 0) is 21.2 Å². The minimum absolute atomic E-state index is 0.331. The summed E-state index contributed by atoms with van der Waals surface area (Å²) in [6, 6.07) is 12.5. The highest BCUT2D eigenvalue weighted by atomic mass is 35.5. The summed E-state index contributed by atoms with van der Waals surface area (Å²) in [4.78, 5) is 17.1. The van der Waals surface area contributed by atoms with E-state index in [4.69, 9.17) is 27.9 Å². The maximum atomic E-state index is 13.3. The standard InChI is InChI=1S/C29H29Cl2N5O5S/c1-17(36-10-8-18(9-11-36)29(37)38)42(39,40)35-20-5-3-4-19(12-20)28-23-13-21(41-2)6-7-22(23)27(33-34-28)14-24-25(30)15-32-16-26(24)31/h3-7,12-13,15-18,35H,8-11,14H2,1-2H3,(H,37,38). The van der Waals surface area contributed by atoms with Crippen molar-refractivity contribution in [2.75, 3.05) is 24.9 Å². The van der Waals surface area contributed by atoms with E-state index in [1.807, 2.05) is 24.3 Å². The second-order valence-corrected chi connectivity index (χ2v) is 12.9. The molecule has 5 rings (SSSR count). The predicted molar refractivity (Wildman–Crippen MR) is 163 cm³/mol. The van der Waals surface area contributed by atoms with E-state index in [1.165, 1.54) is 12.4 Å². The monoisotopic (exact) mass is 629 g/mol. The second kappa shape index (κ2) is 12.4. The molecule has 2 aromatic heterocycles. The van der Waals surface area contributed by atoms with Crippen molar-refractivity contribution >= 4 is 55.7 Å². The van der Waals surface area contributed by atoms with Gasteiger partial charge in [0.1, 0.15) is 16.8 Å². The molecule has 13 heteroatoms. The maximum absolute atomic E-state index is 13.3. The molecule has 1 aliphatic heterocycles. The van der Waals surface area contributed by atoms with Gasteiger partial charge < -0.3 is 9.84 Å². The summed E-state index contributed by atoms with van der Waals surface area (Å²) in [5.41, 5.74) is 2.91. The van der Waals surface area contributed by atoms with Crippen molar-refractivity contribution in [2.24, 2.45) is 5.92 Å². The first-order valence-electron chi connectivity index (χ1n) is 13.3. The van der Waals surface area contributed by atoms with Crippen LogP contribution < -0.4 is 9.46 Å². The summed E-state index contributed by atoms with van der Waals surface area (Å²) in [5, 5.41) is 19.9. The molecular weight excluding hydrogens is 601 g/mol. The Hall–Kier alpha value is -3.51. The molecular formula is C29H29Cl2N5O5S. The normalized spacial score (nSPS) is 15.4. The summed E-state index contributed by atoms with van der Waals surface area (Å²) in [6.07, 6.45) is 4.21. The zero-order chi connectivity index (χ0) is 30.0. The largest absolute Gasteiger partial charge is 0.497 e. The fraction of sp³-hybridized carbons (Fsp3) is 0.310. The molecule has 4 aromatic rings. The number of anilines is 1. The number of aliphatic carboxylic acids is 1. The van der Waals surface area contributed by atoms with Gasteiger partial charge in [-0.05, 0) is 55.7 Å². The molecule has 0 amide bonds. The summed E-state index contributed by atoms with van der Waals surface area (Å²) >= 11 is 12.7. The third-order valence-corrected chi connectivity index (χ3v) is 9.97. The molecule has 1 fully saturated rings. The van der Waals surface area contributed by atoms with Gasteiger partial charge in [0.15, 0.2) is 0 Å². The Kier molecular flexibility index (Phi) is 8.84. The molecule has 0 saturated carbocycles. The van der Waals surface area contributed by atoms with E-state index in [9.17, 15) is 18.3 Å². The number of carbonyl (C=O) groups is 1. The highest BCUT2D eigenvalue weighted by Crippen LogP contribution is 2.34. The minimum atomic E-state index is -3.81. The van der Waals surface area contributed by atoms with E-state index in [1.54, 1.807) is 37.1 Å². The van der Waals surface area contributed by atoms with Gasteiger partial charge in [0.25, 0.3) is 0 Å². The van der Waals surface area contributed by atoms with Crippen molar-refractivity contribution < 1.29 is 23.1 Å². The molecule has 0 aliphatic carbocycles. The average molecular weight is 631 g/mol. The van der Waals surface area contributed by atoms with Gasteiger partial charge in [-0.2, -0.15) is 5.10 Å². The third-order valence-electron chi connectivity index (χ3n) is 7.60. The summed E-state index contributed by atoms with van der Waals surface area (Å²) in [5.74, 6) is -0.660. The van der Waals surface area contributed by atoms with Gasteiger partial charge in [-0.1, -0.05) is 35.3 Å². The number of fused-ring (bicyclic) bond motifs is 1. The molecule has 0 spiro atoms. The topological polar surface area (TPSA) is 135 Å². The van der Waals surface area contributed by atoms with Crippen molar-refractivity contribution in [1.29, 1.82) is 0 Å². The summed E-state index contributed by atoms with van der Waals surface area (Å²) < 4.78 is 34.8. The smallest absolute Gasteiger partial charge is 0.306 e. The van der Waals surface area contributed by atoms with Crippen LogP contribution in [0.25, 0.3) is 22.0 Å². The van der Waals surface area contributed by atoms with E-state index in [0.717, 1.165) is 10.8 Å². The first-order chi connectivity index (χ1) is 20.1. The Morgan fingerprint density at radius 3 is 2.48 bits per heavy atom. The molecule has 0 radical (unpaired) electrons. The number of nitrogens with zero attached hydrogens (tertiary/aromatic N) is 4. The van der Waals surface area contributed by atoms with Crippen LogP contribution in [-0.4, -0.2) is 65.1 Å². The number of rotatable bonds is 9. The molecule has 1 atom stereocenters. The van der Waals surface area contributed by atoms with E-state index in [-0.39, 0.29) is 0 Å². The second-order valence-electron chi connectivity index (χ2n) is 10.1. The number of carboxylic acid groups (broad SMARTS) is 1. The highest BCUT2D eigenvalue weighted by Gasteiger charge is 2.32. The first kappa shape index (κ1) is 30.0. The van der Waals surface area contributed by atoms with E-state index >= 15 is 0 Å². The van der Waals surface area contributed by atoms with Crippen molar-refractivity contribution in [3.63, 3.8) is 0 Å². The SMILES string of the molecule is COc1ccc2c(Cc3c(Cl)cncc3Cl)nnc(-c3cccc(NS(=O)(=O)C(C)N4CCC(C(=O)O)CC4)c3)c2c1. The van der Waals surface area contributed by atoms with Crippen molar-refractivity contribution in [3.8, 4) is 17.0 Å². The van der Waals surface area contributed by atoms with Gasteiger partial charge in [0, 0.05) is 53.9 Å². The van der Waals surface area contributed by atoms with Crippen LogP contribution in [0.4, 0.5) is 5.69 Å². The molecule has 10 nitrogen and oxygen atoms in total. The number of benzene rings is 2. The lowest BCUT2D eigenvalue weighted by Crippen LogP contribution is -2.46. The summed E-state index contributed by atoms with van der Waals surface area (Å²) in [7, 11) is -2.23. The van der Waals surface area contributed by atoms with Crippen molar-refractivity contribution in [2.45, 2.75) is 31.6 Å². The van der Waals surface area contributed by atoms with Gasteiger partial charge in [-0.25, -0.2) is 8.42 Å². The number of halogens is 2. The van der Waals surface area contributed by atoms with E-state index < -0.39 is 27.3 Å². The molecule has 1 saturated heterocycles. The molecule has 3 heterocycles. The zero-order valence-corrected chi connectivity index (χ0v) is 25.2. The Labute approximate surface area is 253 Å². The lowest BCUT2D eigenvalue weighted by atomic mass is 9.97. The molecule has 2 aromatic carbocycles. The fourth-order valence-corrected chi connectivity index (χ4v) is 6.85. The van der Waals surface area contributed by atoms with Crippen LogP contribution in [0.5, 0.6) is 5.75 Å². The molecule has 1 aliphatic rings. The number of methoxy groups -OCH3 is 1. The Morgan fingerprint density at radius 2 is 1.81 bits per heavy atom. The van der Waals surface area contributed by atoms with Gasteiger partial charge >= 0.3 is 5.97 Å². The number of likely N-dealkylation sites (tertiary alicyclic amines) is 1. The molecule has 1 unspecified atom stereocenters. The van der Waals surface area contributed by atoms with Crippen LogP contribution in [0.2, 0.25) is 10.0 Å². The molecule has 0 bridgehead atoms. The number of ether oxygens (including phenoxy) is 1. The zero-order valence-electron chi connectivity index (χ0n) is 22.9. The van der Waals surface area contributed by atoms with Crippen LogP contribution >= 0.6 is 23.2 Å². The van der Waals surface area contributed by atoms with E-state index in [0.29, 0.717) is 76.3 Å². The third kappa shape index (κ3) is 6.29. The number of carboxylic acids is 1. The predicted octanol–water partition coefficient (Wildman–Crippen LogP) is 5.48. The van der Waals surface area contributed by atoms with Crippen molar-refractivity contribution in [3.05, 3.63) is 76.2 Å². The maximum Gasteiger partial charge on any atom is 0.306 e. The molecule has 220 valence electrons. The van der Waals surface area contributed by atoms with Crippen LogP contribution in [0.1, 0.15) is 31.0 Å². The van der Waals surface area contributed by atoms with Gasteiger partial charge in [0.2, 0.25) is 10.0 Å². The van der Waals surface area contributed by atoms with E-state index in [2.05, 4.69) is 19.9 Å². The van der Waals surface area contributed by atoms with Gasteiger partial charge in [-0.3, -0.25) is 19.4 Å². The number of aromatic nitrogens is 3. The Bertz CT molecular complexity index is 1730. The van der Waals surface area contributed by atoms with Crippen molar-refractivity contribution in [1.82, 2.24) is 20.1 Å². The number of sulfonamides is 1. The lowest BCUT2D eigenvalue weighted by Gasteiger charge is -2.34. The number of pyridine rings is 1. The minimum Gasteiger partial charge on any atom is -0.497 e.